The first-order valence-electron chi connectivity index (χ1n) is 6.70. The molecule has 3 heteroatoms. The fourth-order valence-electron chi connectivity index (χ4n) is 2.54. The summed E-state index contributed by atoms with van der Waals surface area (Å²) in [6, 6.07) is 15.0. The Kier molecular flexibility index (Phi) is 4.80. The van der Waals surface area contributed by atoms with Crippen molar-refractivity contribution in [2.24, 2.45) is 0 Å². The van der Waals surface area contributed by atoms with Crippen molar-refractivity contribution >= 4 is 5.69 Å². The van der Waals surface area contributed by atoms with Gasteiger partial charge in [-0.1, -0.05) is 30.3 Å². The second-order valence-electron chi connectivity index (χ2n) is 4.91. The van der Waals surface area contributed by atoms with Crippen molar-refractivity contribution in [2.75, 3.05) is 18.0 Å². The molecule has 0 N–H and O–H groups in total. The summed E-state index contributed by atoms with van der Waals surface area (Å²) in [5.74, 6) is 0. The maximum absolute atomic E-state index is 2.47. The van der Waals surface area contributed by atoms with Gasteiger partial charge in [0.1, 0.15) is 0 Å². The standard InChI is InChI=1S/C16H19N2.ClH/c1-2-6-15(7-3-1)14-17-12-8-16(9-13-17)18-10-4-5-11-18;/h1-3,6-9,12-13H,4-5,10-11,14H2;1H/q+1;/p-1. The summed E-state index contributed by atoms with van der Waals surface area (Å²) >= 11 is 0. The minimum absolute atomic E-state index is 0. The third kappa shape index (κ3) is 3.48. The van der Waals surface area contributed by atoms with Crippen LogP contribution in [-0.4, -0.2) is 13.1 Å². The molecule has 1 aromatic heterocycles. The number of pyridine rings is 1. The Morgan fingerprint density at radius 3 is 2.16 bits per heavy atom. The number of nitrogens with zero attached hydrogens (tertiary/aromatic N) is 2. The summed E-state index contributed by atoms with van der Waals surface area (Å²) in [6.07, 6.45) is 7.03. The molecule has 2 aromatic rings. The van der Waals surface area contributed by atoms with Gasteiger partial charge in [-0.3, -0.25) is 0 Å². The molecule has 1 fully saturated rings. The van der Waals surface area contributed by atoms with Gasteiger partial charge in [-0.15, -0.1) is 0 Å². The van der Waals surface area contributed by atoms with E-state index in [0.29, 0.717) is 0 Å². The average Bonchev–Trinajstić information content (AvgIpc) is 2.95. The molecular formula is C16H19ClN2. The van der Waals surface area contributed by atoms with E-state index in [4.69, 9.17) is 0 Å². The van der Waals surface area contributed by atoms with E-state index in [-0.39, 0.29) is 12.4 Å². The molecule has 19 heavy (non-hydrogen) atoms. The first-order valence-corrected chi connectivity index (χ1v) is 6.70. The lowest BCUT2D eigenvalue weighted by molar-refractivity contribution is -0.688. The summed E-state index contributed by atoms with van der Waals surface area (Å²) in [6.45, 7) is 3.37. The largest absolute Gasteiger partial charge is 1.00 e. The van der Waals surface area contributed by atoms with Crippen molar-refractivity contribution < 1.29 is 17.0 Å². The first kappa shape index (κ1) is 13.9. The average molecular weight is 275 g/mol. The zero-order valence-electron chi connectivity index (χ0n) is 11.0. The summed E-state index contributed by atoms with van der Waals surface area (Å²) < 4.78 is 2.23. The number of anilines is 1. The Morgan fingerprint density at radius 1 is 0.895 bits per heavy atom. The van der Waals surface area contributed by atoms with Crippen LogP contribution in [0.2, 0.25) is 0 Å². The van der Waals surface area contributed by atoms with Gasteiger partial charge >= 0.3 is 0 Å². The van der Waals surface area contributed by atoms with E-state index in [1.807, 2.05) is 0 Å². The third-order valence-electron chi connectivity index (χ3n) is 3.55. The van der Waals surface area contributed by atoms with Crippen LogP contribution in [0.1, 0.15) is 18.4 Å². The molecule has 0 spiro atoms. The van der Waals surface area contributed by atoms with Crippen molar-refractivity contribution in [1.29, 1.82) is 0 Å². The Labute approximate surface area is 121 Å². The summed E-state index contributed by atoms with van der Waals surface area (Å²) in [5.41, 5.74) is 2.70. The van der Waals surface area contributed by atoms with Gasteiger partial charge in [0.05, 0.1) is 0 Å². The van der Waals surface area contributed by atoms with Gasteiger partial charge in [0.25, 0.3) is 0 Å². The third-order valence-corrected chi connectivity index (χ3v) is 3.55. The van der Waals surface area contributed by atoms with Crippen LogP contribution in [0.15, 0.2) is 54.9 Å². The van der Waals surface area contributed by atoms with Gasteiger partial charge in [0.2, 0.25) is 0 Å². The number of hydrogen-bond donors (Lipinski definition) is 0. The Hall–Kier alpha value is -1.54. The molecular weight excluding hydrogens is 256 g/mol. The molecule has 0 atom stereocenters. The predicted molar refractivity (Wildman–Crippen MR) is 73.6 cm³/mol. The molecule has 0 radical (unpaired) electrons. The van der Waals surface area contributed by atoms with Crippen LogP contribution in [0.3, 0.4) is 0 Å². The normalized spacial score (nSPS) is 14.2. The van der Waals surface area contributed by atoms with Gasteiger partial charge in [-0.25, -0.2) is 4.57 Å². The van der Waals surface area contributed by atoms with Crippen LogP contribution in [0.25, 0.3) is 0 Å². The van der Waals surface area contributed by atoms with Crippen molar-refractivity contribution in [3.05, 3.63) is 60.4 Å². The molecule has 100 valence electrons. The molecule has 2 heterocycles. The Balaban J connectivity index is 0.00000133. The fraction of sp³-hybridized carbons (Fsp3) is 0.312. The van der Waals surface area contributed by atoms with E-state index >= 15 is 0 Å². The highest BCUT2D eigenvalue weighted by Crippen LogP contribution is 2.17. The Morgan fingerprint density at radius 2 is 1.53 bits per heavy atom. The van der Waals surface area contributed by atoms with Crippen LogP contribution >= 0.6 is 0 Å². The maximum Gasteiger partial charge on any atom is 0.173 e. The predicted octanol–water partition coefficient (Wildman–Crippen LogP) is -0.373. The minimum Gasteiger partial charge on any atom is -1.00 e. The van der Waals surface area contributed by atoms with E-state index < -0.39 is 0 Å². The summed E-state index contributed by atoms with van der Waals surface area (Å²) in [7, 11) is 0. The molecule has 0 aliphatic carbocycles. The van der Waals surface area contributed by atoms with Gasteiger partial charge in [0, 0.05) is 36.5 Å². The fourth-order valence-corrected chi connectivity index (χ4v) is 2.54. The molecule has 0 amide bonds. The van der Waals surface area contributed by atoms with Crippen LogP contribution in [-0.2, 0) is 6.54 Å². The number of halogens is 1. The monoisotopic (exact) mass is 274 g/mol. The van der Waals surface area contributed by atoms with Crippen molar-refractivity contribution in [1.82, 2.24) is 0 Å². The zero-order chi connectivity index (χ0) is 12.2. The Bertz CT molecular complexity index is 490. The maximum atomic E-state index is 2.47. The molecule has 1 aliphatic rings. The highest BCUT2D eigenvalue weighted by Gasteiger charge is 2.13. The van der Waals surface area contributed by atoms with Crippen molar-refractivity contribution in [2.45, 2.75) is 19.4 Å². The molecule has 0 unspecified atom stereocenters. The molecule has 1 saturated heterocycles. The lowest BCUT2D eigenvalue weighted by Crippen LogP contribution is -3.00. The van der Waals surface area contributed by atoms with Gasteiger partial charge < -0.3 is 17.3 Å². The number of hydrogen-bond acceptors (Lipinski definition) is 1. The van der Waals surface area contributed by atoms with Gasteiger partial charge in [-0.05, 0) is 12.8 Å². The quantitative estimate of drug-likeness (QED) is 0.693. The highest BCUT2D eigenvalue weighted by molar-refractivity contribution is 5.44. The smallest absolute Gasteiger partial charge is 0.173 e. The topological polar surface area (TPSA) is 7.12 Å². The second-order valence-corrected chi connectivity index (χ2v) is 4.91. The molecule has 0 saturated carbocycles. The SMILES string of the molecule is [Cl-].c1ccc(C[n+]2ccc(N3CCCC3)cc2)cc1. The van der Waals surface area contributed by atoms with Crippen molar-refractivity contribution in [3.63, 3.8) is 0 Å². The minimum atomic E-state index is 0. The number of aromatic nitrogens is 1. The molecule has 3 rings (SSSR count). The first-order chi connectivity index (χ1) is 8.92. The zero-order valence-corrected chi connectivity index (χ0v) is 11.8. The van der Waals surface area contributed by atoms with Crippen LogP contribution in [0.5, 0.6) is 0 Å². The summed E-state index contributed by atoms with van der Waals surface area (Å²) in [5, 5.41) is 0. The molecule has 1 aromatic carbocycles. The van der Waals surface area contributed by atoms with E-state index in [0.717, 1.165) is 6.54 Å². The van der Waals surface area contributed by atoms with Crippen LogP contribution in [0, 0.1) is 0 Å². The number of benzene rings is 1. The highest BCUT2D eigenvalue weighted by atomic mass is 35.5. The second kappa shape index (κ2) is 6.58. The van der Waals surface area contributed by atoms with E-state index in [9.17, 15) is 0 Å². The van der Waals surface area contributed by atoms with E-state index in [2.05, 4.69) is 64.3 Å². The molecule has 1 aliphatic heterocycles. The lowest BCUT2D eigenvalue weighted by atomic mass is 10.2. The van der Waals surface area contributed by atoms with Crippen molar-refractivity contribution in [3.8, 4) is 0 Å². The van der Waals surface area contributed by atoms with Gasteiger partial charge in [-0.2, -0.15) is 0 Å². The van der Waals surface area contributed by atoms with Crippen LogP contribution in [0.4, 0.5) is 5.69 Å². The van der Waals surface area contributed by atoms with Gasteiger partial charge in [0.15, 0.2) is 18.9 Å². The van der Waals surface area contributed by atoms with Crippen LogP contribution < -0.4 is 21.9 Å². The van der Waals surface area contributed by atoms with E-state index in [1.54, 1.807) is 0 Å². The lowest BCUT2D eigenvalue weighted by Gasteiger charge is -2.16. The molecule has 2 nitrogen and oxygen atoms in total. The number of rotatable bonds is 3. The van der Waals surface area contributed by atoms with E-state index in [1.165, 1.54) is 37.2 Å². The summed E-state index contributed by atoms with van der Waals surface area (Å²) in [4.78, 5) is 2.47. The molecule has 0 bridgehead atoms.